The molecule has 5 heteroatoms. The molecule has 0 radical (unpaired) electrons. The van der Waals surface area contributed by atoms with Gasteiger partial charge in [-0.15, -0.1) is 0 Å². The first-order chi connectivity index (χ1) is 6.76. The highest BCUT2D eigenvalue weighted by atomic mass is 16.5. The molecule has 1 aliphatic rings. The number of rotatable bonds is 3. The molecule has 0 unspecified atom stereocenters. The molecular formula is C9H13N3O2. The van der Waals surface area contributed by atoms with Gasteiger partial charge in [0.05, 0.1) is 19.8 Å². The van der Waals surface area contributed by atoms with E-state index < -0.39 is 0 Å². The molecule has 14 heavy (non-hydrogen) atoms. The molecule has 1 aromatic heterocycles. The number of aromatic nitrogens is 2. The zero-order valence-corrected chi connectivity index (χ0v) is 8.28. The average molecular weight is 195 g/mol. The molecule has 1 aromatic rings. The number of hydrogen-bond donors (Lipinski definition) is 1. The Bertz CT molecular complexity index is 325. The Kier molecular flexibility index (Phi) is 2.15. The van der Waals surface area contributed by atoms with E-state index in [0.717, 1.165) is 18.4 Å². The van der Waals surface area contributed by atoms with Crippen LogP contribution in [-0.4, -0.2) is 24.2 Å². The van der Waals surface area contributed by atoms with Crippen LogP contribution in [0.5, 0.6) is 11.8 Å². The Morgan fingerprint density at radius 2 is 1.64 bits per heavy atom. The molecule has 1 fully saturated rings. The summed E-state index contributed by atoms with van der Waals surface area (Å²) in [5, 5.41) is 0. The van der Waals surface area contributed by atoms with Crippen molar-refractivity contribution in [3.05, 3.63) is 5.56 Å². The summed E-state index contributed by atoms with van der Waals surface area (Å²) in [4.78, 5) is 8.05. The molecule has 5 nitrogen and oxygen atoms in total. The Morgan fingerprint density at radius 3 is 2.00 bits per heavy atom. The van der Waals surface area contributed by atoms with Crippen molar-refractivity contribution < 1.29 is 9.47 Å². The minimum Gasteiger partial charge on any atom is -0.481 e. The maximum absolute atomic E-state index is 5.52. The van der Waals surface area contributed by atoms with Crippen LogP contribution in [0.4, 0.5) is 5.95 Å². The molecule has 1 heterocycles. The molecular weight excluding hydrogens is 182 g/mol. The van der Waals surface area contributed by atoms with Crippen molar-refractivity contribution in [2.75, 3.05) is 20.0 Å². The molecule has 2 rings (SSSR count). The van der Waals surface area contributed by atoms with E-state index in [1.165, 1.54) is 0 Å². The molecule has 1 aliphatic carbocycles. The fraction of sp³-hybridized carbons (Fsp3) is 0.556. The first-order valence-electron chi connectivity index (χ1n) is 4.51. The van der Waals surface area contributed by atoms with Crippen LogP contribution in [0.15, 0.2) is 0 Å². The third-order valence-electron chi connectivity index (χ3n) is 2.27. The van der Waals surface area contributed by atoms with Crippen molar-refractivity contribution in [3.63, 3.8) is 0 Å². The summed E-state index contributed by atoms with van der Waals surface area (Å²) in [6, 6.07) is 0. The van der Waals surface area contributed by atoms with Gasteiger partial charge in [0.2, 0.25) is 17.7 Å². The molecule has 0 aliphatic heterocycles. The maximum atomic E-state index is 5.52. The first kappa shape index (κ1) is 9.05. The third-order valence-corrected chi connectivity index (χ3v) is 2.27. The van der Waals surface area contributed by atoms with Gasteiger partial charge < -0.3 is 15.2 Å². The summed E-state index contributed by atoms with van der Waals surface area (Å²) in [6.07, 6.45) is 2.28. The number of nitrogens with zero attached hydrogens (tertiary/aromatic N) is 2. The van der Waals surface area contributed by atoms with Crippen molar-refractivity contribution in [1.82, 2.24) is 9.97 Å². The Labute approximate surface area is 82.3 Å². The van der Waals surface area contributed by atoms with Gasteiger partial charge in [0.1, 0.15) is 0 Å². The highest BCUT2D eigenvalue weighted by Crippen LogP contribution is 2.47. The van der Waals surface area contributed by atoms with Crippen LogP contribution in [0, 0.1) is 0 Å². The van der Waals surface area contributed by atoms with E-state index in [1.807, 2.05) is 0 Å². The van der Waals surface area contributed by atoms with E-state index in [4.69, 9.17) is 15.2 Å². The molecule has 0 amide bonds. The van der Waals surface area contributed by atoms with Crippen molar-refractivity contribution in [2.45, 2.75) is 18.8 Å². The maximum Gasteiger partial charge on any atom is 0.226 e. The van der Waals surface area contributed by atoms with Gasteiger partial charge in [-0.1, -0.05) is 0 Å². The number of nitrogen functional groups attached to an aromatic ring is 1. The second kappa shape index (κ2) is 3.32. The molecule has 0 aromatic carbocycles. The van der Waals surface area contributed by atoms with E-state index >= 15 is 0 Å². The van der Waals surface area contributed by atoms with E-state index in [0.29, 0.717) is 17.7 Å². The Hall–Kier alpha value is -1.52. The molecule has 0 saturated heterocycles. The fourth-order valence-electron chi connectivity index (χ4n) is 1.48. The Morgan fingerprint density at radius 1 is 1.14 bits per heavy atom. The van der Waals surface area contributed by atoms with Gasteiger partial charge in [0, 0.05) is 0 Å². The summed E-state index contributed by atoms with van der Waals surface area (Å²) in [6.45, 7) is 0. The third kappa shape index (κ3) is 1.45. The van der Waals surface area contributed by atoms with Gasteiger partial charge in [-0.05, 0) is 18.8 Å². The molecule has 76 valence electrons. The van der Waals surface area contributed by atoms with E-state index in [9.17, 15) is 0 Å². The average Bonchev–Trinajstić information content (AvgIpc) is 2.99. The molecule has 0 bridgehead atoms. The van der Waals surface area contributed by atoms with Crippen LogP contribution >= 0.6 is 0 Å². The van der Waals surface area contributed by atoms with Gasteiger partial charge in [-0.3, -0.25) is 0 Å². The summed E-state index contributed by atoms with van der Waals surface area (Å²) in [7, 11) is 3.15. The predicted molar refractivity (Wildman–Crippen MR) is 51.5 cm³/mol. The van der Waals surface area contributed by atoms with Crippen LogP contribution < -0.4 is 15.2 Å². The van der Waals surface area contributed by atoms with Gasteiger partial charge in [-0.2, -0.15) is 9.97 Å². The van der Waals surface area contributed by atoms with Crippen molar-refractivity contribution in [1.29, 1.82) is 0 Å². The lowest BCUT2D eigenvalue weighted by Gasteiger charge is -2.10. The Balaban J connectivity index is 2.50. The SMILES string of the molecule is COc1nc(N)nc(OC)c1C1CC1. The lowest BCUT2D eigenvalue weighted by Crippen LogP contribution is -2.04. The van der Waals surface area contributed by atoms with Crippen molar-refractivity contribution in [2.24, 2.45) is 0 Å². The lowest BCUT2D eigenvalue weighted by atomic mass is 10.2. The smallest absolute Gasteiger partial charge is 0.226 e. The van der Waals surface area contributed by atoms with Crippen LogP contribution in [0.25, 0.3) is 0 Å². The second-order valence-corrected chi connectivity index (χ2v) is 3.29. The van der Waals surface area contributed by atoms with Gasteiger partial charge in [0.25, 0.3) is 0 Å². The highest BCUT2D eigenvalue weighted by Gasteiger charge is 2.32. The summed E-state index contributed by atoms with van der Waals surface area (Å²) < 4.78 is 10.3. The normalized spacial score (nSPS) is 15.3. The summed E-state index contributed by atoms with van der Waals surface area (Å²) in [5.41, 5.74) is 6.47. The van der Waals surface area contributed by atoms with E-state index in [2.05, 4.69) is 9.97 Å². The van der Waals surface area contributed by atoms with Crippen molar-refractivity contribution >= 4 is 5.95 Å². The number of anilines is 1. The zero-order chi connectivity index (χ0) is 10.1. The van der Waals surface area contributed by atoms with Gasteiger partial charge in [-0.25, -0.2) is 0 Å². The number of nitrogens with two attached hydrogens (primary N) is 1. The largest absolute Gasteiger partial charge is 0.481 e. The standard InChI is InChI=1S/C9H13N3O2/c1-13-7-6(5-3-4-5)8(14-2)12-9(10)11-7/h5H,3-4H2,1-2H3,(H2,10,11,12). The number of hydrogen-bond acceptors (Lipinski definition) is 5. The molecule has 1 saturated carbocycles. The number of methoxy groups -OCH3 is 2. The molecule has 0 spiro atoms. The van der Waals surface area contributed by atoms with Gasteiger partial charge in [0.15, 0.2) is 0 Å². The second-order valence-electron chi connectivity index (χ2n) is 3.29. The highest BCUT2D eigenvalue weighted by molar-refractivity contribution is 5.44. The van der Waals surface area contributed by atoms with Gasteiger partial charge >= 0.3 is 0 Å². The lowest BCUT2D eigenvalue weighted by molar-refractivity contribution is 0.364. The van der Waals surface area contributed by atoms with Crippen LogP contribution in [0.1, 0.15) is 24.3 Å². The predicted octanol–water partition coefficient (Wildman–Crippen LogP) is 0.953. The fourth-order valence-corrected chi connectivity index (χ4v) is 1.48. The van der Waals surface area contributed by atoms with Crippen molar-refractivity contribution in [3.8, 4) is 11.8 Å². The summed E-state index contributed by atoms with van der Waals surface area (Å²) >= 11 is 0. The van der Waals surface area contributed by atoms with Crippen LogP contribution in [-0.2, 0) is 0 Å². The van der Waals surface area contributed by atoms with Crippen LogP contribution in [0.3, 0.4) is 0 Å². The topological polar surface area (TPSA) is 70.3 Å². The molecule has 0 atom stereocenters. The first-order valence-corrected chi connectivity index (χ1v) is 4.51. The van der Waals surface area contributed by atoms with E-state index in [1.54, 1.807) is 14.2 Å². The minimum atomic E-state index is 0.183. The molecule has 2 N–H and O–H groups in total. The quantitative estimate of drug-likeness (QED) is 0.777. The summed E-state index contributed by atoms with van der Waals surface area (Å²) in [5.74, 6) is 1.73. The van der Waals surface area contributed by atoms with Crippen LogP contribution in [0.2, 0.25) is 0 Å². The zero-order valence-electron chi connectivity index (χ0n) is 8.28. The number of ether oxygens (including phenoxy) is 2. The monoisotopic (exact) mass is 195 g/mol. The van der Waals surface area contributed by atoms with E-state index in [-0.39, 0.29) is 5.95 Å². The minimum absolute atomic E-state index is 0.183.